The average molecular weight is 476 g/mol. The highest BCUT2D eigenvalue weighted by molar-refractivity contribution is 7.98. The number of carbonyl (C=O) groups excluding carboxylic acids is 1. The van der Waals surface area contributed by atoms with Gasteiger partial charge in [0, 0.05) is 24.4 Å². The molecule has 0 spiro atoms. The Bertz CT molecular complexity index is 1380. The fourth-order valence-corrected chi connectivity index (χ4v) is 4.71. The van der Waals surface area contributed by atoms with Crippen LogP contribution in [0, 0.1) is 12.7 Å². The van der Waals surface area contributed by atoms with E-state index in [0.717, 1.165) is 5.56 Å². The second kappa shape index (κ2) is 10.2. The van der Waals surface area contributed by atoms with Crippen LogP contribution in [-0.4, -0.2) is 33.4 Å². The first-order valence-corrected chi connectivity index (χ1v) is 12.2. The van der Waals surface area contributed by atoms with Gasteiger partial charge in [-0.2, -0.15) is 0 Å². The van der Waals surface area contributed by atoms with Gasteiger partial charge < -0.3 is 4.90 Å². The van der Waals surface area contributed by atoms with Crippen LogP contribution in [-0.2, 0) is 5.75 Å². The first kappa shape index (κ1) is 23.7. The molecule has 0 aliphatic heterocycles. The molecule has 0 atom stereocenters. The summed E-state index contributed by atoms with van der Waals surface area (Å²) in [6.07, 6.45) is 0. The van der Waals surface area contributed by atoms with E-state index >= 15 is 0 Å². The molecule has 0 radical (unpaired) electrons. The molecule has 0 unspecified atom stereocenters. The van der Waals surface area contributed by atoms with E-state index in [9.17, 15) is 14.0 Å². The van der Waals surface area contributed by atoms with Crippen molar-refractivity contribution in [2.24, 2.45) is 0 Å². The van der Waals surface area contributed by atoms with Crippen molar-refractivity contribution >= 4 is 28.6 Å². The van der Waals surface area contributed by atoms with Gasteiger partial charge in [-0.1, -0.05) is 41.6 Å². The topological polar surface area (TPSA) is 55.2 Å². The SMILES string of the molecule is CCN(CC)C(=O)c1ccc2c(=O)n(-c3ccc(F)cc3)c(SCc3ccc(C)cc3)nc2c1. The van der Waals surface area contributed by atoms with E-state index in [1.54, 1.807) is 35.2 Å². The van der Waals surface area contributed by atoms with Crippen LogP contribution in [0.2, 0.25) is 0 Å². The van der Waals surface area contributed by atoms with Crippen molar-refractivity contribution in [1.82, 2.24) is 14.5 Å². The Labute approximate surface area is 202 Å². The van der Waals surface area contributed by atoms with Gasteiger partial charge in [0.05, 0.1) is 16.6 Å². The minimum absolute atomic E-state index is 0.0923. The number of hydrogen-bond donors (Lipinski definition) is 0. The molecule has 1 amide bonds. The number of amides is 1. The summed E-state index contributed by atoms with van der Waals surface area (Å²) in [6.45, 7) is 7.10. The molecule has 1 heterocycles. The van der Waals surface area contributed by atoms with Gasteiger partial charge in [0.15, 0.2) is 5.16 Å². The molecular weight excluding hydrogens is 449 g/mol. The molecule has 7 heteroatoms. The molecule has 1 aromatic heterocycles. The zero-order valence-electron chi connectivity index (χ0n) is 19.4. The Hall–Kier alpha value is -3.45. The molecule has 0 N–H and O–H groups in total. The summed E-state index contributed by atoms with van der Waals surface area (Å²) in [5, 5.41) is 0.886. The van der Waals surface area contributed by atoms with Crippen molar-refractivity contribution in [3.8, 4) is 5.69 Å². The minimum atomic E-state index is -0.376. The molecule has 0 saturated heterocycles. The molecule has 34 heavy (non-hydrogen) atoms. The molecule has 3 aromatic carbocycles. The van der Waals surface area contributed by atoms with Gasteiger partial charge in [0.25, 0.3) is 11.5 Å². The second-order valence-electron chi connectivity index (χ2n) is 8.00. The quantitative estimate of drug-likeness (QED) is 0.258. The summed E-state index contributed by atoms with van der Waals surface area (Å²) >= 11 is 1.43. The number of nitrogens with zero attached hydrogens (tertiary/aromatic N) is 3. The van der Waals surface area contributed by atoms with Gasteiger partial charge in [-0.15, -0.1) is 0 Å². The monoisotopic (exact) mass is 475 g/mol. The maximum Gasteiger partial charge on any atom is 0.266 e. The minimum Gasteiger partial charge on any atom is -0.339 e. The molecule has 174 valence electrons. The number of aromatic nitrogens is 2. The molecule has 0 aliphatic rings. The summed E-state index contributed by atoms with van der Waals surface area (Å²) in [4.78, 5) is 32.9. The lowest BCUT2D eigenvalue weighted by Gasteiger charge is -2.19. The fraction of sp³-hybridized carbons (Fsp3) is 0.222. The zero-order chi connectivity index (χ0) is 24.2. The molecule has 4 rings (SSSR count). The van der Waals surface area contributed by atoms with Gasteiger partial charge in [-0.05, 0) is 68.8 Å². The maximum atomic E-state index is 13.6. The molecule has 0 bridgehead atoms. The van der Waals surface area contributed by atoms with Crippen molar-refractivity contribution in [3.63, 3.8) is 0 Å². The molecule has 0 saturated carbocycles. The zero-order valence-corrected chi connectivity index (χ0v) is 20.2. The molecule has 0 fully saturated rings. The first-order chi connectivity index (χ1) is 16.4. The number of benzene rings is 3. The smallest absolute Gasteiger partial charge is 0.266 e. The van der Waals surface area contributed by atoms with Crippen LogP contribution in [0.4, 0.5) is 4.39 Å². The summed E-state index contributed by atoms with van der Waals surface area (Å²) in [5.41, 5.74) is 3.51. The Kier molecular flexibility index (Phi) is 7.12. The lowest BCUT2D eigenvalue weighted by molar-refractivity contribution is 0.0773. The summed E-state index contributed by atoms with van der Waals surface area (Å²) < 4.78 is 15.1. The van der Waals surface area contributed by atoms with Crippen LogP contribution in [0.15, 0.2) is 76.7 Å². The van der Waals surface area contributed by atoms with E-state index in [1.807, 2.05) is 45.0 Å². The van der Waals surface area contributed by atoms with Gasteiger partial charge in [-0.25, -0.2) is 9.37 Å². The van der Waals surface area contributed by atoms with Crippen molar-refractivity contribution in [3.05, 3.63) is 99.6 Å². The van der Waals surface area contributed by atoms with E-state index in [4.69, 9.17) is 4.98 Å². The highest BCUT2D eigenvalue weighted by Gasteiger charge is 2.17. The molecular formula is C27H26FN3O2S. The average Bonchev–Trinajstić information content (AvgIpc) is 2.85. The summed E-state index contributed by atoms with van der Waals surface area (Å²) in [5.74, 6) is 0.140. The van der Waals surface area contributed by atoms with Crippen LogP contribution in [0.25, 0.3) is 16.6 Å². The lowest BCUT2D eigenvalue weighted by atomic mass is 10.1. The Morgan fingerprint density at radius 1 is 1.00 bits per heavy atom. The normalized spacial score (nSPS) is 11.1. The number of rotatable bonds is 7. The van der Waals surface area contributed by atoms with Gasteiger partial charge in [-0.3, -0.25) is 14.2 Å². The third kappa shape index (κ3) is 4.89. The van der Waals surface area contributed by atoms with Crippen LogP contribution < -0.4 is 5.56 Å². The second-order valence-corrected chi connectivity index (χ2v) is 8.94. The molecule has 5 nitrogen and oxygen atoms in total. The van der Waals surface area contributed by atoms with Crippen molar-refractivity contribution in [2.75, 3.05) is 13.1 Å². The third-order valence-corrected chi connectivity index (χ3v) is 6.72. The highest BCUT2D eigenvalue weighted by Crippen LogP contribution is 2.25. The van der Waals surface area contributed by atoms with Crippen molar-refractivity contribution in [1.29, 1.82) is 0 Å². The molecule has 4 aromatic rings. The number of aryl methyl sites for hydroxylation is 1. The fourth-order valence-electron chi connectivity index (χ4n) is 3.74. The van der Waals surface area contributed by atoms with E-state index in [1.165, 1.54) is 34.0 Å². The number of hydrogen-bond acceptors (Lipinski definition) is 4. The highest BCUT2D eigenvalue weighted by atomic mass is 32.2. The van der Waals surface area contributed by atoms with E-state index in [0.29, 0.717) is 46.2 Å². The van der Waals surface area contributed by atoms with Gasteiger partial charge in [0.2, 0.25) is 0 Å². The van der Waals surface area contributed by atoms with Crippen LogP contribution >= 0.6 is 11.8 Å². The van der Waals surface area contributed by atoms with Crippen molar-refractivity contribution in [2.45, 2.75) is 31.7 Å². The predicted molar refractivity (Wildman–Crippen MR) is 135 cm³/mol. The summed E-state index contributed by atoms with van der Waals surface area (Å²) in [7, 11) is 0. The third-order valence-electron chi connectivity index (χ3n) is 5.71. The van der Waals surface area contributed by atoms with Crippen LogP contribution in [0.5, 0.6) is 0 Å². The number of fused-ring (bicyclic) bond motifs is 1. The standard InChI is InChI=1S/C27H26FN3O2S/c1-4-30(5-2)25(32)20-10-15-23-24(16-20)29-27(34-17-19-8-6-18(3)7-9-19)31(26(23)33)22-13-11-21(28)12-14-22/h6-16H,4-5,17H2,1-3H3. The van der Waals surface area contributed by atoms with Gasteiger partial charge in [0.1, 0.15) is 5.82 Å². The van der Waals surface area contributed by atoms with Gasteiger partial charge >= 0.3 is 0 Å². The number of halogens is 1. The van der Waals surface area contributed by atoms with E-state index < -0.39 is 0 Å². The van der Waals surface area contributed by atoms with Crippen molar-refractivity contribution < 1.29 is 9.18 Å². The molecule has 0 aliphatic carbocycles. The number of thioether (sulfide) groups is 1. The van der Waals surface area contributed by atoms with E-state index in [-0.39, 0.29) is 17.3 Å². The van der Waals surface area contributed by atoms with E-state index in [2.05, 4.69) is 0 Å². The lowest BCUT2D eigenvalue weighted by Crippen LogP contribution is -2.30. The maximum absolute atomic E-state index is 13.6. The number of carbonyl (C=O) groups is 1. The largest absolute Gasteiger partial charge is 0.339 e. The Balaban J connectivity index is 1.82. The summed E-state index contributed by atoms with van der Waals surface area (Å²) in [6, 6.07) is 19.0. The first-order valence-electron chi connectivity index (χ1n) is 11.2. The Morgan fingerprint density at radius 3 is 2.32 bits per heavy atom. The Morgan fingerprint density at radius 2 is 1.68 bits per heavy atom. The van der Waals surface area contributed by atoms with Crippen LogP contribution in [0.3, 0.4) is 0 Å². The predicted octanol–water partition coefficient (Wildman–Crippen LogP) is 5.61. The van der Waals surface area contributed by atoms with Crippen LogP contribution in [0.1, 0.15) is 35.3 Å².